The number of ether oxygens (including phenoxy) is 1. The molecule has 1 saturated heterocycles. The molecule has 2 aromatic heterocycles. The van der Waals surface area contributed by atoms with Crippen LogP contribution in [0.15, 0.2) is 54.7 Å². The maximum absolute atomic E-state index is 13.5. The number of pyridine rings is 1. The first-order valence-electron chi connectivity index (χ1n) is 13.0. The molecule has 2 aliphatic heterocycles. The maximum atomic E-state index is 13.5. The lowest BCUT2D eigenvalue weighted by Gasteiger charge is -2.34. The van der Waals surface area contributed by atoms with Crippen molar-refractivity contribution >= 4 is 67.4 Å². The van der Waals surface area contributed by atoms with Gasteiger partial charge in [-0.1, -0.05) is 30.3 Å². The second kappa shape index (κ2) is 9.53. The number of amides is 4. The zero-order valence-electron chi connectivity index (χ0n) is 22.0. The van der Waals surface area contributed by atoms with Crippen LogP contribution < -0.4 is 15.5 Å². The average molecular weight is 544 g/mol. The summed E-state index contributed by atoms with van der Waals surface area (Å²) in [6, 6.07) is 15.1. The van der Waals surface area contributed by atoms with Crippen molar-refractivity contribution in [3.63, 3.8) is 0 Å². The highest BCUT2D eigenvalue weighted by Crippen LogP contribution is 2.46. The summed E-state index contributed by atoms with van der Waals surface area (Å²) in [6.07, 6.45) is 2.78. The molecule has 0 bridgehead atoms. The number of anilines is 3. The van der Waals surface area contributed by atoms with Gasteiger partial charge in [0.2, 0.25) is 0 Å². The molecule has 1 atom stereocenters. The number of fused-ring (bicyclic) bond motifs is 1. The Morgan fingerprint density at radius 1 is 1.13 bits per heavy atom. The summed E-state index contributed by atoms with van der Waals surface area (Å²) in [6.45, 7) is 6.45. The Morgan fingerprint density at radius 3 is 2.72 bits per heavy atom. The minimum absolute atomic E-state index is 0.225. The van der Waals surface area contributed by atoms with E-state index in [-0.39, 0.29) is 24.1 Å². The van der Waals surface area contributed by atoms with Crippen molar-refractivity contribution in [1.82, 2.24) is 15.2 Å². The molecule has 6 rings (SSSR count). The van der Waals surface area contributed by atoms with Gasteiger partial charge in [-0.15, -0.1) is 11.3 Å². The van der Waals surface area contributed by atoms with Gasteiger partial charge < -0.3 is 20.3 Å². The molecule has 0 radical (unpaired) electrons. The Balaban J connectivity index is 1.28. The molecule has 1 fully saturated rings. The minimum Gasteiger partial charge on any atom is -0.444 e. The third-order valence-electron chi connectivity index (χ3n) is 6.85. The number of hydrogen-bond donors (Lipinski definition) is 2. The summed E-state index contributed by atoms with van der Waals surface area (Å²) in [5, 5.41) is 8.87. The predicted octanol–water partition coefficient (Wildman–Crippen LogP) is 6.26. The van der Waals surface area contributed by atoms with E-state index in [1.807, 2.05) is 63.2 Å². The van der Waals surface area contributed by atoms with Crippen molar-refractivity contribution in [1.29, 1.82) is 0 Å². The van der Waals surface area contributed by atoms with Crippen LogP contribution in [0, 0.1) is 0 Å². The van der Waals surface area contributed by atoms with Gasteiger partial charge in [-0.05, 0) is 62.6 Å². The van der Waals surface area contributed by atoms with E-state index in [0.717, 1.165) is 34.7 Å². The topological polar surface area (TPSA) is 104 Å². The number of nitrogens with zero attached hydrogens (tertiary/aromatic N) is 3. The van der Waals surface area contributed by atoms with E-state index in [1.54, 1.807) is 22.1 Å². The number of aromatic nitrogens is 1. The first-order valence-corrected chi connectivity index (χ1v) is 13.8. The second-order valence-electron chi connectivity index (χ2n) is 10.9. The summed E-state index contributed by atoms with van der Waals surface area (Å²) in [5.74, 6) is -0.297. The zero-order chi connectivity index (χ0) is 27.3. The molecule has 4 amide bonds. The Hall–Kier alpha value is -4.18. The normalized spacial score (nSPS) is 17.3. The maximum Gasteiger partial charge on any atom is 0.410 e. The van der Waals surface area contributed by atoms with Crippen LogP contribution in [-0.2, 0) is 4.74 Å². The van der Waals surface area contributed by atoms with Gasteiger partial charge in [-0.3, -0.25) is 9.69 Å². The standard InChI is InChI=1S/C29H29N5O4S/c1-29(2,3)38-28(37)33-14-6-9-19(16-33)31-25(35)24-23-22-21(12-13-30-26(22)39-24)34(27(36)32-23)20-11-10-17-7-4-5-8-18(17)15-20/h4-5,7-8,10-13,15,19H,6,9,14,16H2,1-3H3,(H,31,35)(H,32,36)/t19-/m1/s1. The van der Waals surface area contributed by atoms with E-state index in [0.29, 0.717) is 34.2 Å². The van der Waals surface area contributed by atoms with Crippen LogP contribution in [0.5, 0.6) is 0 Å². The second-order valence-corrected chi connectivity index (χ2v) is 11.9. The van der Waals surface area contributed by atoms with Crippen molar-refractivity contribution in [3.8, 4) is 0 Å². The smallest absolute Gasteiger partial charge is 0.410 e. The summed E-state index contributed by atoms with van der Waals surface area (Å²) < 4.78 is 5.51. The number of benzene rings is 2. The highest BCUT2D eigenvalue weighted by atomic mass is 32.1. The highest BCUT2D eigenvalue weighted by molar-refractivity contribution is 7.21. The van der Waals surface area contributed by atoms with Crippen LogP contribution in [0.3, 0.4) is 0 Å². The van der Waals surface area contributed by atoms with Crippen molar-refractivity contribution < 1.29 is 19.1 Å². The highest BCUT2D eigenvalue weighted by Gasteiger charge is 2.34. The lowest BCUT2D eigenvalue weighted by molar-refractivity contribution is 0.0185. The Bertz CT molecular complexity index is 1630. The molecule has 4 heterocycles. The largest absolute Gasteiger partial charge is 0.444 e. The molecule has 2 aliphatic rings. The van der Waals surface area contributed by atoms with Gasteiger partial charge in [-0.25, -0.2) is 14.6 Å². The molecule has 4 aromatic rings. The Kier molecular flexibility index (Phi) is 6.14. The fourth-order valence-electron chi connectivity index (χ4n) is 5.15. The first kappa shape index (κ1) is 25.1. The lowest BCUT2D eigenvalue weighted by atomic mass is 10.1. The van der Waals surface area contributed by atoms with Crippen LogP contribution in [-0.4, -0.2) is 52.6 Å². The molecule has 200 valence electrons. The van der Waals surface area contributed by atoms with Crippen molar-refractivity contribution in [2.24, 2.45) is 0 Å². The SMILES string of the molecule is CC(C)(C)OC(=O)N1CCC[C@@H](NC(=O)c2sc3nccc4c3c2NC(=O)N4c2ccc3ccccc3c2)C1. The fraction of sp³-hybridized carbons (Fsp3) is 0.310. The van der Waals surface area contributed by atoms with Crippen LogP contribution >= 0.6 is 11.3 Å². The monoisotopic (exact) mass is 543 g/mol. The molecular formula is C29H29N5O4S. The van der Waals surface area contributed by atoms with Gasteiger partial charge in [0.25, 0.3) is 5.91 Å². The number of carbonyl (C=O) groups excluding carboxylic acids is 3. The molecular weight excluding hydrogens is 514 g/mol. The Labute approximate surface area is 229 Å². The van der Waals surface area contributed by atoms with E-state index in [4.69, 9.17) is 4.74 Å². The summed E-state index contributed by atoms with van der Waals surface area (Å²) in [7, 11) is 0. The number of likely N-dealkylation sites (tertiary alicyclic amines) is 1. The summed E-state index contributed by atoms with van der Waals surface area (Å²) in [4.78, 5) is 48.3. The molecule has 0 aliphatic carbocycles. The van der Waals surface area contributed by atoms with Gasteiger partial charge in [0.05, 0.1) is 22.4 Å². The number of carbonyl (C=O) groups is 3. The fourth-order valence-corrected chi connectivity index (χ4v) is 6.18. The number of nitrogens with one attached hydrogen (secondary N) is 2. The van der Waals surface area contributed by atoms with Gasteiger partial charge in [0.1, 0.15) is 15.3 Å². The van der Waals surface area contributed by atoms with E-state index in [1.165, 1.54) is 11.3 Å². The van der Waals surface area contributed by atoms with Crippen LogP contribution in [0.1, 0.15) is 43.3 Å². The minimum atomic E-state index is -0.587. The molecule has 0 unspecified atom stereocenters. The van der Waals surface area contributed by atoms with Crippen molar-refractivity contribution in [3.05, 3.63) is 59.6 Å². The number of rotatable bonds is 3. The van der Waals surface area contributed by atoms with Crippen molar-refractivity contribution in [2.45, 2.75) is 45.3 Å². The van der Waals surface area contributed by atoms with E-state index in [9.17, 15) is 14.4 Å². The van der Waals surface area contributed by atoms with Crippen molar-refractivity contribution in [2.75, 3.05) is 23.3 Å². The molecule has 2 aromatic carbocycles. The quantitative estimate of drug-likeness (QED) is 0.317. The number of piperidine rings is 1. The van der Waals surface area contributed by atoms with E-state index >= 15 is 0 Å². The third-order valence-corrected chi connectivity index (χ3v) is 7.95. The Morgan fingerprint density at radius 2 is 1.92 bits per heavy atom. The number of urea groups is 1. The zero-order valence-corrected chi connectivity index (χ0v) is 22.8. The van der Waals surface area contributed by atoms with Gasteiger partial charge in [-0.2, -0.15) is 0 Å². The molecule has 2 N–H and O–H groups in total. The first-order chi connectivity index (χ1) is 18.7. The van der Waals surface area contributed by atoms with Crippen LogP contribution in [0.4, 0.5) is 26.7 Å². The molecule has 39 heavy (non-hydrogen) atoms. The molecule has 0 saturated carbocycles. The molecule has 9 nitrogen and oxygen atoms in total. The van der Waals surface area contributed by atoms with Gasteiger partial charge in [0, 0.05) is 25.3 Å². The summed E-state index contributed by atoms with van der Waals surface area (Å²) in [5.41, 5.74) is 1.29. The van der Waals surface area contributed by atoms with E-state index in [2.05, 4.69) is 15.6 Å². The van der Waals surface area contributed by atoms with Gasteiger partial charge >= 0.3 is 12.1 Å². The lowest BCUT2D eigenvalue weighted by Crippen LogP contribution is -2.50. The van der Waals surface area contributed by atoms with Crippen LogP contribution in [0.2, 0.25) is 0 Å². The summed E-state index contributed by atoms with van der Waals surface area (Å²) >= 11 is 1.25. The average Bonchev–Trinajstić information content (AvgIpc) is 3.27. The third kappa shape index (κ3) is 4.76. The molecule has 0 spiro atoms. The molecule has 10 heteroatoms. The van der Waals surface area contributed by atoms with E-state index < -0.39 is 5.60 Å². The predicted molar refractivity (Wildman–Crippen MR) is 153 cm³/mol. The van der Waals surface area contributed by atoms with Gasteiger partial charge in [0.15, 0.2) is 0 Å². The number of hydrogen-bond acceptors (Lipinski definition) is 6. The van der Waals surface area contributed by atoms with Crippen LogP contribution in [0.25, 0.3) is 21.0 Å². The number of thiophene rings is 1.